The quantitative estimate of drug-likeness (QED) is 0.727. The van der Waals surface area contributed by atoms with Crippen LogP contribution in [0.2, 0.25) is 5.02 Å². The van der Waals surface area contributed by atoms with Crippen molar-refractivity contribution in [2.45, 2.75) is 0 Å². The Kier molecular flexibility index (Phi) is 5.95. The van der Waals surface area contributed by atoms with Crippen LogP contribution in [0.4, 0.5) is 10.1 Å². The van der Waals surface area contributed by atoms with Crippen LogP contribution in [0.1, 0.15) is 10.4 Å². The monoisotopic (exact) mass is 446 g/mol. The van der Waals surface area contributed by atoms with Crippen molar-refractivity contribution in [2.24, 2.45) is 0 Å². The maximum atomic E-state index is 13.1. The average Bonchev–Trinajstić information content (AvgIpc) is 2.49. The van der Waals surface area contributed by atoms with Gasteiger partial charge < -0.3 is 10.2 Å². The van der Waals surface area contributed by atoms with Gasteiger partial charge in [-0.05, 0) is 52.9 Å². The number of hydrogen-bond acceptors (Lipinski definition) is 2. The van der Waals surface area contributed by atoms with E-state index < -0.39 is 5.82 Å². The molecule has 0 fully saturated rings. The van der Waals surface area contributed by atoms with Crippen LogP contribution in [0.3, 0.4) is 0 Å². The standard InChI is InChI=1S/C16H13ClFIN2O2/c1-21(16(23)11-7-6-10(18)8-13(11)19)9-15(22)20-14-5-3-2-4-12(14)17/h2-8H,9H2,1H3,(H,20,22). The van der Waals surface area contributed by atoms with Crippen LogP contribution in [-0.4, -0.2) is 30.3 Å². The van der Waals surface area contributed by atoms with Gasteiger partial charge in [-0.15, -0.1) is 0 Å². The van der Waals surface area contributed by atoms with Gasteiger partial charge in [0.2, 0.25) is 5.91 Å². The normalized spacial score (nSPS) is 10.3. The van der Waals surface area contributed by atoms with Crippen molar-refractivity contribution < 1.29 is 14.0 Å². The van der Waals surface area contributed by atoms with Crippen LogP contribution in [0.15, 0.2) is 42.5 Å². The molecule has 0 aliphatic rings. The smallest absolute Gasteiger partial charge is 0.255 e. The van der Waals surface area contributed by atoms with Gasteiger partial charge in [-0.3, -0.25) is 9.59 Å². The summed E-state index contributed by atoms with van der Waals surface area (Å²) in [5.74, 6) is -1.14. The lowest BCUT2D eigenvalue weighted by Crippen LogP contribution is -2.35. The minimum Gasteiger partial charge on any atom is -0.332 e. The third-order valence-electron chi connectivity index (χ3n) is 3.04. The number of rotatable bonds is 4. The van der Waals surface area contributed by atoms with E-state index in [1.165, 1.54) is 30.1 Å². The molecule has 4 nitrogen and oxygen atoms in total. The number of nitrogens with zero attached hydrogens (tertiary/aromatic N) is 1. The Morgan fingerprint density at radius 1 is 1.26 bits per heavy atom. The fraction of sp³-hybridized carbons (Fsp3) is 0.125. The number of carbonyl (C=O) groups excluding carboxylic acids is 2. The number of anilines is 1. The summed E-state index contributed by atoms with van der Waals surface area (Å²) >= 11 is 7.85. The summed E-state index contributed by atoms with van der Waals surface area (Å²) < 4.78 is 13.6. The predicted molar refractivity (Wildman–Crippen MR) is 96.2 cm³/mol. The third-order valence-corrected chi connectivity index (χ3v) is 4.26. The summed E-state index contributed by atoms with van der Waals surface area (Å²) in [7, 11) is 1.51. The molecule has 7 heteroatoms. The molecule has 0 unspecified atom stereocenters. The molecule has 0 heterocycles. The lowest BCUT2D eigenvalue weighted by Gasteiger charge is -2.18. The Morgan fingerprint density at radius 2 is 1.96 bits per heavy atom. The van der Waals surface area contributed by atoms with E-state index in [2.05, 4.69) is 5.32 Å². The van der Waals surface area contributed by atoms with Crippen molar-refractivity contribution in [1.82, 2.24) is 4.90 Å². The molecule has 0 aromatic heterocycles. The van der Waals surface area contributed by atoms with Gasteiger partial charge in [0.1, 0.15) is 5.82 Å². The topological polar surface area (TPSA) is 49.4 Å². The Labute approximate surface area is 151 Å². The first-order valence-electron chi connectivity index (χ1n) is 6.63. The van der Waals surface area contributed by atoms with E-state index in [4.69, 9.17) is 11.6 Å². The lowest BCUT2D eigenvalue weighted by molar-refractivity contribution is -0.116. The van der Waals surface area contributed by atoms with Gasteiger partial charge in [0, 0.05) is 10.6 Å². The van der Waals surface area contributed by atoms with E-state index in [9.17, 15) is 14.0 Å². The molecule has 0 atom stereocenters. The minimum absolute atomic E-state index is 0.141. The zero-order chi connectivity index (χ0) is 17.0. The first-order chi connectivity index (χ1) is 10.9. The van der Waals surface area contributed by atoms with Crippen LogP contribution in [0.5, 0.6) is 0 Å². The molecule has 2 aromatic rings. The van der Waals surface area contributed by atoms with E-state index in [1.54, 1.807) is 24.3 Å². The molecular formula is C16H13ClFIN2O2. The highest BCUT2D eigenvalue weighted by atomic mass is 127. The van der Waals surface area contributed by atoms with E-state index in [-0.39, 0.29) is 18.4 Å². The van der Waals surface area contributed by atoms with Crippen LogP contribution >= 0.6 is 34.2 Å². The molecule has 2 aromatic carbocycles. The maximum absolute atomic E-state index is 13.1. The van der Waals surface area contributed by atoms with E-state index in [0.29, 0.717) is 19.8 Å². The lowest BCUT2D eigenvalue weighted by atomic mass is 10.2. The number of hydrogen-bond donors (Lipinski definition) is 1. The van der Waals surface area contributed by atoms with Crippen molar-refractivity contribution >= 4 is 51.7 Å². The summed E-state index contributed by atoms with van der Waals surface area (Å²) in [6.07, 6.45) is 0. The number of likely N-dealkylation sites (N-methyl/N-ethyl adjacent to an activating group) is 1. The van der Waals surface area contributed by atoms with Gasteiger partial charge in [0.05, 0.1) is 22.8 Å². The first kappa shape index (κ1) is 17.7. The van der Waals surface area contributed by atoms with Gasteiger partial charge >= 0.3 is 0 Å². The highest BCUT2D eigenvalue weighted by Crippen LogP contribution is 2.20. The summed E-state index contributed by atoms with van der Waals surface area (Å²) in [5, 5.41) is 3.06. The molecule has 120 valence electrons. The SMILES string of the molecule is CN(CC(=O)Nc1ccccc1Cl)C(=O)c1ccc(F)cc1I. The second-order valence-corrected chi connectivity index (χ2v) is 6.38. The zero-order valence-electron chi connectivity index (χ0n) is 12.1. The first-order valence-corrected chi connectivity index (χ1v) is 8.09. The summed E-state index contributed by atoms with van der Waals surface area (Å²) in [5.41, 5.74) is 0.830. The molecule has 0 radical (unpaired) electrons. The highest BCUT2D eigenvalue weighted by molar-refractivity contribution is 14.1. The zero-order valence-corrected chi connectivity index (χ0v) is 15.1. The number of para-hydroxylation sites is 1. The molecule has 0 spiro atoms. The van der Waals surface area contributed by atoms with E-state index >= 15 is 0 Å². The fourth-order valence-electron chi connectivity index (χ4n) is 1.91. The number of benzene rings is 2. The van der Waals surface area contributed by atoms with Gasteiger partial charge in [0.25, 0.3) is 5.91 Å². The fourth-order valence-corrected chi connectivity index (χ4v) is 2.80. The summed E-state index contributed by atoms with van der Waals surface area (Å²) in [6, 6.07) is 10.7. The molecule has 0 saturated heterocycles. The van der Waals surface area contributed by atoms with Crippen LogP contribution < -0.4 is 5.32 Å². The van der Waals surface area contributed by atoms with Crippen molar-refractivity contribution in [3.05, 3.63) is 62.4 Å². The number of carbonyl (C=O) groups is 2. The van der Waals surface area contributed by atoms with Crippen LogP contribution in [-0.2, 0) is 4.79 Å². The van der Waals surface area contributed by atoms with Crippen molar-refractivity contribution in [2.75, 3.05) is 18.9 Å². The maximum Gasteiger partial charge on any atom is 0.255 e. The van der Waals surface area contributed by atoms with E-state index in [0.717, 1.165) is 0 Å². The van der Waals surface area contributed by atoms with E-state index in [1.807, 2.05) is 22.6 Å². The van der Waals surface area contributed by atoms with Crippen LogP contribution in [0, 0.1) is 9.39 Å². The number of halogens is 3. The Balaban J connectivity index is 2.03. The summed E-state index contributed by atoms with van der Waals surface area (Å²) in [4.78, 5) is 25.6. The van der Waals surface area contributed by atoms with Crippen molar-refractivity contribution in [3.63, 3.8) is 0 Å². The summed E-state index contributed by atoms with van der Waals surface area (Å²) in [6.45, 7) is -0.141. The molecule has 2 rings (SSSR count). The predicted octanol–water partition coefficient (Wildman–Crippen LogP) is 3.79. The molecule has 2 amide bonds. The third kappa shape index (κ3) is 4.65. The van der Waals surface area contributed by atoms with Crippen LogP contribution in [0.25, 0.3) is 0 Å². The van der Waals surface area contributed by atoms with Gasteiger partial charge in [-0.2, -0.15) is 0 Å². The molecule has 23 heavy (non-hydrogen) atoms. The Hall–Kier alpha value is -1.67. The molecule has 0 aliphatic heterocycles. The Morgan fingerprint density at radius 3 is 2.61 bits per heavy atom. The molecule has 0 aliphatic carbocycles. The largest absolute Gasteiger partial charge is 0.332 e. The second-order valence-electron chi connectivity index (χ2n) is 4.81. The molecular weight excluding hydrogens is 434 g/mol. The highest BCUT2D eigenvalue weighted by Gasteiger charge is 2.18. The second kappa shape index (κ2) is 7.74. The molecule has 0 bridgehead atoms. The van der Waals surface area contributed by atoms with Gasteiger partial charge in [-0.25, -0.2) is 4.39 Å². The average molecular weight is 447 g/mol. The van der Waals surface area contributed by atoms with Gasteiger partial charge in [0.15, 0.2) is 0 Å². The van der Waals surface area contributed by atoms with Crippen molar-refractivity contribution in [1.29, 1.82) is 0 Å². The number of nitrogens with one attached hydrogen (secondary N) is 1. The van der Waals surface area contributed by atoms with Crippen molar-refractivity contribution in [3.8, 4) is 0 Å². The Bertz CT molecular complexity index is 755. The molecule has 0 saturated carbocycles. The molecule has 1 N–H and O–H groups in total. The van der Waals surface area contributed by atoms with Gasteiger partial charge in [-0.1, -0.05) is 23.7 Å². The number of amides is 2. The minimum atomic E-state index is -0.412.